The first-order chi connectivity index (χ1) is 8.17. The second-order valence-electron chi connectivity index (χ2n) is 3.75. The molecule has 96 valence electrons. The molecule has 0 radical (unpaired) electrons. The van der Waals surface area contributed by atoms with Gasteiger partial charge >= 0.3 is 6.03 Å². The van der Waals surface area contributed by atoms with E-state index in [2.05, 4.69) is 34.5 Å². The van der Waals surface area contributed by atoms with Crippen molar-refractivity contribution < 1.29 is 4.79 Å². The van der Waals surface area contributed by atoms with Crippen molar-refractivity contribution in [2.75, 3.05) is 31.5 Å². The Labute approximate surface area is 102 Å². The largest absolute Gasteiger partial charge is 0.337 e. The summed E-state index contributed by atoms with van der Waals surface area (Å²) in [6, 6.07) is 1.56. The number of amides is 2. The van der Waals surface area contributed by atoms with Gasteiger partial charge in [-0.1, -0.05) is 13.8 Å². The number of nitrogens with zero attached hydrogens (tertiary/aromatic N) is 3. The lowest BCUT2D eigenvalue weighted by atomic mass is 10.4. The maximum Gasteiger partial charge on any atom is 0.320 e. The lowest BCUT2D eigenvalue weighted by molar-refractivity contribution is 0.247. The van der Waals surface area contributed by atoms with Crippen molar-refractivity contribution in [2.45, 2.75) is 13.8 Å². The average molecular weight is 239 g/mol. The summed E-state index contributed by atoms with van der Waals surface area (Å²) in [6.07, 6.45) is 1.64. The first-order valence-electron chi connectivity index (χ1n) is 5.92. The van der Waals surface area contributed by atoms with Crippen molar-refractivity contribution >= 4 is 11.8 Å². The number of nitrogens with one attached hydrogen (secondary N) is 2. The molecule has 1 aromatic heterocycles. The summed E-state index contributed by atoms with van der Waals surface area (Å²) >= 11 is 0. The number of carbonyl (C=O) groups is 1. The Hall–Kier alpha value is -1.56. The van der Waals surface area contributed by atoms with Crippen molar-refractivity contribution in [1.82, 2.24) is 20.0 Å². The highest BCUT2D eigenvalue weighted by molar-refractivity contribution is 5.88. The van der Waals surface area contributed by atoms with Gasteiger partial charge in [0.1, 0.15) is 5.82 Å². The molecule has 6 heteroatoms. The summed E-state index contributed by atoms with van der Waals surface area (Å²) in [5.74, 6) is 0.685. The van der Waals surface area contributed by atoms with E-state index in [4.69, 9.17) is 0 Å². The molecule has 1 heterocycles. The molecule has 2 N–H and O–H groups in total. The molecule has 1 aromatic rings. The molecule has 0 aliphatic carbocycles. The molecule has 2 amide bonds. The molecule has 0 saturated carbocycles. The van der Waals surface area contributed by atoms with Crippen molar-refractivity contribution in [3.05, 3.63) is 12.3 Å². The fourth-order valence-corrected chi connectivity index (χ4v) is 1.52. The summed E-state index contributed by atoms with van der Waals surface area (Å²) in [5, 5.41) is 9.52. The number of hydrogen-bond acceptors (Lipinski definition) is 3. The summed E-state index contributed by atoms with van der Waals surface area (Å²) in [7, 11) is 1.78. The molecule has 6 nitrogen and oxygen atoms in total. The highest BCUT2D eigenvalue weighted by Gasteiger charge is 2.04. The normalized spacial score (nSPS) is 10.6. The number of anilines is 1. The van der Waals surface area contributed by atoms with E-state index >= 15 is 0 Å². The SMILES string of the molecule is CCN(CC)CCNC(=O)Nc1ccnn1C. The zero-order valence-corrected chi connectivity index (χ0v) is 10.7. The molecule has 0 unspecified atom stereocenters. The Bertz CT molecular complexity index is 345. The number of carbonyl (C=O) groups excluding carboxylic acids is 1. The molecule has 0 bridgehead atoms. The van der Waals surface area contributed by atoms with Gasteiger partial charge in [-0.25, -0.2) is 4.79 Å². The summed E-state index contributed by atoms with van der Waals surface area (Å²) in [4.78, 5) is 13.8. The number of aromatic nitrogens is 2. The standard InChI is InChI=1S/C11H21N5O/c1-4-16(5-2)9-8-12-11(17)14-10-6-7-13-15(10)3/h6-7H,4-5,8-9H2,1-3H3,(H2,12,14,17). The van der Waals surface area contributed by atoms with Gasteiger partial charge in [-0.3, -0.25) is 10.00 Å². The minimum absolute atomic E-state index is 0.194. The van der Waals surface area contributed by atoms with Crippen molar-refractivity contribution in [3.63, 3.8) is 0 Å². The van der Waals surface area contributed by atoms with Crippen LogP contribution in [-0.2, 0) is 7.05 Å². The predicted molar refractivity (Wildman–Crippen MR) is 68.0 cm³/mol. The fourth-order valence-electron chi connectivity index (χ4n) is 1.52. The number of aryl methyl sites for hydroxylation is 1. The Morgan fingerprint density at radius 3 is 2.71 bits per heavy atom. The monoisotopic (exact) mass is 239 g/mol. The molecule has 0 aromatic carbocycles. The van der Waals surface area contributed by atoms with E-state index in [1.54, 1.807) is 24.0 Å². The molecule has 17 heavy (non-hydrogen) atoms. The van der Waals surface area contributed by atoms with Crippen LogP contribution in [0.5, 0.6) is 0 Å². The van der Waals surface area contributed by atoms with Gasteiger partial charge in [0.15, 0.2) is 0 Å². The molecule has 0 atom stereocenters. The number of likely N-dealkylation sites (N-methyl/N-ethyl adjacent to an activating group) is 1. The fraction of sp³-hybridized carbons (Fsp3) is 0.636. The van der Waals surface area contributed by atoms with Crippen LogP contribution in [0.1, 0.15) is 13.8 Å². The highest BCUT2D eigenvalue weighted by Crippen LogP contribution is 2.02. The van der Waals surface area contributed by atoms with Crippen LogP contribution in [0.2, 0.25) is 0 Å². The third-order valence-electron chi connectivity index (χ3n) is 2.67. The first kappa shape index (κ1) is 13.5. The van der Waals surface area contributed by atoms with Gasteiger partial charge in [0.2, 0.25) is 0 Å². The quantitative estimate of drug-likeness (QED) is 0.774. The number of rotatable bonds is 6. The maximum absolute atomic E-state index is 11.5. The second kappa shape index (κ2) is 6.90. The Morgan fingerprint density at radius 1 is 1.47 bits per heavy atom. The van der Waals surface area contributed by atoms with E-state index in [0.717, 1.165) is 19.6 Å². The zero-order chi connectivity index (χ0) is 12.7. The summed E-state index contributed by atoms with van der Waals surface area (Å²) < 4.78 is 1.62. The summed E-state index contributed by atoms with van der Waals surface area (Å²) in [5.41, 5.74) is 0. The molecule has 0 fully saturated rings. The van der Waals surface area contributed by atoms with Gasteiger partial charge in [-0.05, 0) is 13.1 Å². The van der Waals surface area contributed by atoms with Crippen LogP contribution in [0.25, 0.3) is 0 Å². The van der Waals surface area contributed by atoms with Gasteiger partial charge < -0.3 is 10.2 Å². The highest BCUT2D eigenvalue weighted by atomic mass is 16.2. The van der Waals surface area contributed by atoms with E-state index in [9.17, 15) is 4.79 Å². The number of hydrogen-bond donors (Lipinski definition) is 2. The van der Waals surface area contributed by atoms with Gasteiger partial charge in [0.05, 0.1) is 6.20 Å². The zero-order valence-electron chi connectivity index (χ0n) is 10.7. The van der Waals surface area contributed by atoms with Crippen LogP contribution in [-0.4, -0.2) is 46.9 Å². The molecule has 0 aliphatic rings. The van der Waals surface area contributed by atoms with Gasteiger partial charge in [-0.2, -0.15) is 5.10 Å². The Kier molecular flexibility index (Phi) is 5.48. The molecule has 0 spiro atoms. The van der Waals surface area contributed by atoms with Crippen LogP contribution in [0.3, 0.4) is 0 Å². The number of urea groups is 1. The van der Waals surface area contributed by atoms with Crippen molar-refractivity contribution in [1.29, 1.82) is 0 Å². The van der Waals surface area contributed by atoms with Crippen LogP contribution in [0, 0.1) is 0 Å². The predicted octanol–water partition coefficient (Wildman–Crippen LogP) is 0.883. The van der Waals surface area contributed by atoms with Gasteiger partial charge in [-0.15, -0.1) is 0 Å². The minimum Gasteiger partial charge on any atom is -0.337 e. The molecule has 0 aliphatic heterocycles. The topological polar surface area (TPSA) is 62.2 Å². The third kappa shape index (κ3) is 4.44. The van der Waals surface area contributed by atoms with E-state index in [0.29, 0.717) is 12.4 Å². The second-order valence-corrected chi connectivity index (χ2v) is 3.75. The van der Waals surface area contributed by atoms with Crippen LogP contribution in [0.15, 0.2) is 12.3 Å². The smallest absolute Gasteiger partial charge is 0.320 e. The maximum atomic E-state index is 11.5. The van der Waals surface area contributed by atoms with Gasteiger partial charge in [0, 0.05) is 26.2 Å². The Morgan fingerprint density at radius 2 is 2.18 bits per heavy atom. The molecular weight excluding hydrogens is 218 g/mol. The average Bonchev–Trinajstić information content (AvgIpc) is 2.71. The van der Waals surface area contributed by atoms with Crippen molar-refractivity contribution in [2.24, 2.45) is 7.05 Å². The lowest BCUT2D eigenvalue weighted by Gasteiger charge is -2.18. The van der Waals surface area contributed by atoms with Crippen LogP contribution < -0.4 is 10.6 Å². The van der Waals surface area contributed by atoms with E-state index in [1.807, 2.05) is 0 Å². The lowest BCUT2D eigenvalue weighted by Crippen LogP contribution is -2.37. The minimum atomic E-state index is -0.194. The molecule has 0 saturated heterocycles. The van der Waals surface area contributed by atoms with E-state index in [1.165, 1.54) is 0 Å². The van der Waals surface area contributed by atoms with Crippen LogP contribution in [0.4, 0.5) is 10.6 Å². The molecule has 1 rings (SSSR count). The van der Waals surface area contributed by atoms with Gasteiger partial charge in [0.25, 0.3) is 0 Å². The molecular formula is C11H21N5O. The Balaban J connectivity index is 2.24. The van der Waals surface area contributed by atoms with Crippen LogP contribution >= 0.6 is 0 Å². The summed E-state index contributed by atoms with van der Waals surface area (Å²) in [6.45, 7) is 7.73. The van der Waals surface area contributed by atoms with E-state index < -0.39 is 0 Å². The van der Waals surface area contributed by atoms with Crippen molar-refractivity contribution in [3.8, 4) is 0 Å². The first-order valence-corrected chi connectivity index (χ1v) is 5.92. The van der Waals surface area contributed by atoms with E-state index in [-0.39, 0.29) is 6.03 Å². The third-order valence-corrected chi connectivity index (χ3v) is 2.67.